The first-order chi connectivity index (χ1) is 18.2. The number of nitrogens with one attached hydrogen (secondary N) is 2. The second kappa shape index (κ2) is 10.8. The molecule has 1 aromatic heterocycles. The van der Waals surface area contributed by atoms with Crippen LogP contribution in [0.15, 0.2) is 36.4 Å². The van der Waals surface area contributed by atoms with Crippen LogP contribution in [-0.4, -0.2) is 61.9 Å². The Morgan fingerprint density at radius 2 is 1.73 bits per heavy atom. The van der Waals surface area contributed by atoms with Gasteiger partial charge < -0.3 is 25.2 Å². The van der Waals surface area contributed by atoms with E-state index >= 15 is 0 Å². The van der Waals surface area contributed by atoms with Crippen molar-refractivity contribution < 1.29 is 4.74 Å². The fourth-order valence-corrected chi connectivity index (χ4v) is 6.50. The molecule has 196 valence electrons. The number of methoxy groups -OCH3 is 1. The predicted molar refractivity (Wildman–Crippen MR) is 151 cm³/mol. The summed E-state index contributed by atoms with van der Waals surface area (Å²) in [6.45, 7) is 8.55. The lowest BCUT2D eigenvalue weighted by Crippen LogP contribution is -2.52. The molecule has 0 radical (unpaired) electrons. The average molecular weight is 501 g/mol. The minimum atomic E-state index is 0.485. The summed E-state index contributed by atoms with van der Waals surface area (Å²) in [5.74, 6) is 1.09. The van der Waals surface area contributed by atoms with E-state index in [1.54, 1.807) is 7.11 Å². The molecule has 2 unspecified atom stereocenters. The normalized spacial score (nSPS) is 22.5. The summed E-state index contributed by atoms with van der Waals surface area (Å²) in [5, 5.41) is 9.64. The minimum absolute atomic E-state index is 0.485. The van der Waals surface area contributed by atoms with Gasteiger partial charge in [-0.2, -0.15) is 9.97 Å². The third-order valence-electron chi connectivity index (χ3n) is 8.37. The van der Waals surface area contributed by atoms with Crippen LogP contribution in [0.2, 0.25) is 0 Å². The molecule has 2 bridgehead atoms. The highest BCUT2D eigenvalue weighted by Crippen LogP contribution is 2.36. The van der Waals surface area contributed by atoms with Gasteiger partial charge in [0.25, 0.3) is 0 Å². The van der Waals surface area contributed by atoms with Crippen molar-refractivity contribution in [2.45, 2.75) is 64.1 Å². The molecule has 3 fully saturated rings. The lowest BCUT2D eigenvalue weighted by molar-refractivity contribution is 0.374. The second-order valence-corrected chi connectivity index (χ2v) is 10.8. The van der Waals surface area contributed by atoms with Gasteiger partial charge >= 0.3 is 6.01 Å². The molecule has 0 amide bonds. The standard InChI is InChI=1S/C26H31N5O.C4H9N/c1-3-17-6-4-7-18-8-5-9-23(24(17)18)30-13-12-21-22(16-30)28-26(32-2)29-25(21)31-14-19-10-11-20(15-31)27-19;1-2-4-5-3-1/h4-9,19-20,27H,3,10-16H2,1-2H3;5H,1-4H2. The zero-order chi connectivity index (χ0) is 25.2. The number of piperazine rings is 1. The Labute approximate surface area is 220 Å². The number of ether oxygens (including phenoxy) is 1. The van der Waals surface area contributed by atoms with E-state index in [2.05, 4.69) is 63.8 Å². The van der Waals surface area contributed by atoms with Gasteiger partial charge in [-0.1, -0.05) is 37.3 Å². The first-order valence-electron chi connectivity index (χ1n) is 14.1. The van der Waals surface area contributed by atoms with Crippen LogP contribution in [0.3, 0.4) is 0 Å². The van der Waals surface area contributed by atoms with Crippen molar-refractivity contribution in [2.75, 3.05) is 49.6 Å². The molecule has 4 aliphatic heterocycles. The number of rotatable bonds is 4. The first-order valence-corrected chi connectivity index (χ1v) is 14.1. The summed E-state index contributed by atoms with van der Waals surface area (Å²) in [7, 11) is 1.67. The van der Waals surface area contributed by atoms with Crippen LogP contribution in [-0.2, 0) is 19.4 Å². The first kappa shape index (κ1) is 24.4. The molecule has 0 saturated carbocycles. The summed E-state index contributed by atoms with van der Waals surface area (Å²) in [6.07, 6.45) is 7.29. The molecule has 2 aromatic carbocycles. The highest BCUT2D eigenvalue weighted by atomic mass is 16.5. The average Bonchev–Trinajstić information content (AvgIpc) is 3.64. The van der Waals surface area contributed by atoms with Crippen LogP contribution in [0, 0.1) is 0 Å². The Morgan fingerprint density at radius 3 is 2.41 bits per heavy atom. The summed E-state index contributed by atoms with van der Waals surface area (Å²) in [6, 6.07) is 14.9. The van der Waals surface area contributed by atoms with E-state index in [4.69, 9.17) is 14.7 Å². The van der Waals surface area contributed by atoms with E-state index in [0.717, 1.165) is 50.5 Å². The number of hydrogen-bond acceptors (Lipinski definition) is 7. The van der Waals surface area contributed by atoms with E-state index in [1.165, 1.54) is 66.4 Å². The monoisotopic (exact) mass is 500 g/mol. The van der Waals surface area contributed by atoms with Crippen LogP contribution in [0.1, 0.15) is 49.4 Å². The number of benzene rings is 2. The minimum Gasteiger partial charge on any atom is -0.467 e. The second-order valence-electron chi connectivity index (χ2n) is 10.8. The maximum absolute atomic E-state index is 5.55. The molecule has 3 aromatic rings. The van der Waals surface area contributed by atoms with E-state index in [-0.39, 0.29) is 0 Å². The maximum Gasteiger partial charge on any atom is 0.318 e. The van der Waals surface area contributed by atoms with E-state index in [9.17, 15) is 0 Å². The third kappa shape index (κ3) is 4.99. The topological polar surface area (TPSA) is 65.5 Å². The predicted octanol–water partition coefficient (Wildman–Crippen LogP) is 4.07. The number of aryl methyl sites for hydroxylation is 1. The summed E-state index contributed by atoms with van der Waals surface area (Å²) in [5.41, 5.74) is 5.13. The fraction of sp³-hybridized carbons (Fsp3) is 0.533. The van der Waals surface area contributed by atoms with Gasteiger partial charge in [0, 0.05) is 48.4 Å². The quantitative estimate of drug-likeness (QED) is 0.560. The molecule has 0 aliphatic carbocycles. The molecule has 7 heteroatoms. The van der Waals surface area contributed by atoms with Crippen molar-refractivity contribution >= 4 is 22.3 Å². The largest absolute Gasteiger partial charge is 0.467 e. The van der Waals surface area contributed by atoms with Gasteiger partial charge in [0.1, 0.15) is 5.82 Å². The van der Waals surface area contributed by atoms with Crippen LogP contribution < -0.4 is 25.2 Å². The van der Waals surface area contributed by atoms with E-state index < -0.39 is 0 Å². The Hall–Kier alpha value is -2.90. The number of anilines is 2. The van der Waals surface area contributed by atoms with Crippen molar-refractivity contribution in [1.29, 1.82) is 0 Å². The SMILES string of the molecule is C1CCNC1.CCc1cccc2cccc(N3CCc4c(nc(OC)nc4N4CC5CCC(C4)N5)C3)c12. The van der Waals surface area contributed by atoms with Gasteiger partial charge in [0.2, 0.25) is 0 Å². The maximum atomic E-state index is 5.55. The molecule has 2 atom stereocenters. The Morgan fingerprint density at radius 1 is 0.973 bits per heavy atom. The molecule has 2 N–H and O–H groups in total. The highest BCUT2D eigenvalue weighted by Gasteiger charge is 2.35. The molecular weight excluding hydrogens is 460 g/mol. The number of fused-ring (bicyclic) bond motifs is 4. The van der Waals surface area contributed by atoms with Crippen molar-refractivity contribution in [3.05, 3.63) is 53.2 Å². The smallest absolute Gasteiger partial charge is 0.318 e. The van der Waals surface area contributed by atoms with E-state index in [0.29, 0.717) is 18.1 Å². The summed E-state index contributed by atoms with van der Waals surface area (Å²) < 4.78 is 5.55. The summed E-state index contributed by atoms with van der Waals surface area (Å²) in [4.78, 5) is 14.6. The lowest BCUT2D eigenvalue weighted by atomic mass is 9.98. The van der Waals surface area contributed by atoms with E-state index in [1.807, 2.05) is 0 Å². The van der Waals surface area contributed by atoms with Crippen LogP contribution in [0.5, 0.6) is 6.01 Å². The molecule has 7 rings (SSSR count). The van der Waals surface area contributed by atoms with Crippen molar-refractivity contribution in [1.82, 2.24) is 20.6 Å². The molecule has 0 spiro atoms. The lowest BCUT2D eigenvalue weighted by Gasteiger charge is -2.37. The van der Waals surface area contributed by atoms with Crippen LogP contribution in [0.25, 0.3) is 10.8 Å². The number of nitrogens with zero attached hydrogens (tertiary/aromatic N) is 4. The Balaban J connectivity index is 0.000000453. The van der Waals surface area contributed by atoms with Crippen molar-refractivity contribution in [3.8, 4) is 6.01 Å². The van der Waals surface area contributed by atoms with Crippen molar-refractivity contribution in [2.24, 2.45) is 0 Å². The van der Waals surface area contributed by atoms with Crippen LogP contribution >= 0.6 is 0 Å². The van der Waals surface area contributed by atoms with Gasteiger partial charge in [-0.05, 0) is 68.6 Å². The molecular formula is C30H40N6O. The summed E-state index contributed by atoms with van der Waals surface area (Å²) >= 11 is 0. The zero-order valence-corrected chi connectivity index (χ0v) is 22.3. The van der Waals surface area contributed by atoms with Crippen molar-refractivity contribution in [3.63, 3.8) is 0 Å². The highest BCUT2D eigenvalue weighted by molar-refractivity contribution is 5.97. The zero-order valence-electron chi connectivity index (χ0n) is 22.3. The third-order valence-corrected chi connectivity index (χ3v) is 8.37. The Bertz CT molecular complexity index is 1220. The number of hydrogen-bond donors (Lipinski definition) is 2. The molecule has 3 saturated heterocycles. The number of aromatic nitrogens is 2. The molecule has 7 nitrogen and oxygen atoms in total. The Kier molecular flexibility index (Phi) is 7.16. The molecule has 5 heterocycles. The van der Waals surface area contributed by atoms with Gasteiger partial charge in [0.05, 0.1) is 19.3 Å². The van der Waals surface area contributed by atoms with Gasteiger partial charge in [-0.3, -0.25) is 0 Å². The molecule has 37 heavy (non-hydrogen) atoms. The molecule has 4 aliphatic rings. The van der Waals surface area contributed by atoms with Gasteiger partial charge in [0.15, 0.2) is 0 Å². The van der Waals surface area contributed by atoms with Gasteiger partial charge in [-0.15, -0.1) is 0 Å². The van der Waals surface area contributed by atoms with Crippen LogP contribution in [0.4, 0.5) is 11.5 Å². The fourth-order valence-electron chi connectivity index (χ4n) is 6.50. The van der Waals surface area contributed by atoms with Gasteiger partial charge in [-0.25, -0.2) is 0 Å².